The zero-order chi connectivity index (χ0) is 19.4. The number of ether oxygens (including phenoxy) is 2. The van der Waals surface area contributed by atoms with Crippen LogP contribution >= 0.6 is 11.3 Å². The zero-order valence-electron chi connectivity index (χ0n) is 14.6. The molecule has 1 aliphatic heterocycles. The molecule has 1 aromatic heterocycles. The molecule has 0 bridgehead atoms. The standard InChI is InChI=1S/C19H17NO6S/c1-25-8-3-7-20-17(22)13-6-5-12(10-14(13)18(20)23)19(24)26-11-15(21)16-4-2-9-27-16/h2,4-6,9-10H,3,7-8,11H2,1H3. The Bertz CT molecular complexity index is 890. The van der Waals surface area contributed by atoms with Crippen LogP contribution in [0.1, 0.15) is 47.2 Å². The van der Waals surface area contributed by atoms with Crippen molar-refractivity contribution >= 4 is 34.9 Å². The molecule has 0 saturated carbocycles. The first kappa shape index (κ1) is 18.9. The van der Waals surface area contributed by atoms with Gasteiger partial charge in [-0.3, -0.25) is 19.3 Å². The van der Waals surface area contributed by atoms with E-state index in [1.165, 1.54) is 29.5 Å². The minimum Gasteiger partial charge on any atom is -0.454 e. The molecule has 8 heteroatoms. The van der Waals surface area contributed by atoms with Gasteiger partial charge < -0.3 is 9.47 Å². The van der Waals surface area contributed by atoms with Crippen molar-refractivity contribution in [3.05, 3.63) is 57.3 Å². The molecule has 0 spiro atoms. The highest BCUT2D eigenvalue weighted by atomic mass is 32.1. The van der Waals surface area contributed by atoms with Crippen molar-refractivity contribution < 1.29 is 28.7 Å². The predicted molar refractivity (Wildman–Crippen MR) is 97.2 cm³/mol. The van der Waals surface area contributed by atoms with Gasteiger partial charge in [0.25, 0.3) is 11.8 Å². The van der Waals surface area contributed by atoms with Gasteiger partial charge in [0, 0.05) is 20.3 Å². The smallest absolute Gasteiger partial charge is 0.338 e. The summed E-state index contributed by atoms with van der Waals surface area (Å²) in [5.74, 6) is -1.86. The van der Waals surface area contributed by atoms with Crippen molar-refractivity contribution in [1.29, 1.82) is 0 Å². The van der Waals surface area contributed by atoms with Crippen LogP contribution in [0, 0.1) is 0 Å². The molecule has 2 amide bonds. The van der Waals surface area contributed by atoms with Gasteiger partial charge in [-0.25, -0.2) is 4.79 Å². The molecule has 0 unspecified atom stereocenters. The normalized spacial score (nSPS) is 13.0. The van der Waals surface area contributed by atoms with E-state index in [1.54, 1.807) is 24.6 Å². The third kappa shape index (κ3) is 3.96. The fourth-order valence-corrected chi connectivity index (χ4v) is 3.36. The lowest BCUT2D eigenvalue weighted by atomic mass is 10.1. The summed E-state index contributed by atoms with van der Waals surface area (Å²) in [6.07, 6.45) is 0.529. The number of Topliss-reactive ketones (excluding diaryl/α,β-unsaturated/α-hetero) is 1. The number of rotatable bonds is 8. The van der Waals surface area contributed by atoms with Crippen LogP contribution in [0.4, 0.5) is 0 Å². The largest absolute Gasteiger partial charge is 0.454 e. The van der Waals surface area contributed by atoms with Crippen LogP contribution in [0.25, 0.3) is 0 Å². The van der Waals surface area contributed by atoms with Crippen LogP contribution in [-0.4, -0.2) is 55.3 Å². The molecule has 1 aliphatic rings. The summed E-state index contributed by atoms with van der Waals surface area (Å²) in [7, 11) is 1.55. The number of imide groups is 1. The number of nitrogens with zero attached hydrogens (tertiary/aromatic N) is 1. The van der Waals surface area contributed by atoms with Crippen LogP contribution in [0.3, 0.4) is 0 Å². The maximum Gasteiger partial charge on any atom is 0.338 e. The maximum absolute atomic E-state index is 12.5. The van der Waals surface area contributed by atoms with Crippen molar-refractivity contribution in [1.82, 2.24) is 4.90 Å². The Morgan fingerprint density at radius 3 is 2.59 bits per heavy atom. The Morgan fingerprint density at radius 1 is 1.11 bits per heavy atom. The van der Waals surface area contributed by atoms with Gasteiger partial charge in [0.15, 0.2) is 6.61 Å². The van der Waals surface area contributed by atoms with Crippen LogP contribution in [0.15, 0.2) is 35.7 Å². The van der Waals surface area contributed by atoms with Crippen molar-refractivity contribution in [2.24, 2.45) is 0 Å². The molecule has 2 aromatic rings. The average molecular weight is 387 g/mol. The van der Waals surface area contributed by atoms with E-state index in [0.29, 0.717) is 17.9 Å². The Morgan fingerprint density at radius 2 is 1.89 bits per heavy atom. The molecule has 0 saturated heterocycles. The number of hydrogen-bond donors (Lipinski definition) is 0. The van der Waals surface area contributed by atoms with E-state index in [2.05, 4.69) is 0 Å². The second-order valence-corrected chi connectivity index (χ2v) is 6.79. The number of methoxy groups -OCH3 is 1. The summed E-state index contributed by atoms with van der Waals surface area (Å²) in [5, 5.41) is 1.76. The van der Waals surface area contributed by atoms with Gasteiger partial charge in [0.1, 0.15) is 0 Å². The zero-order valence-corrected chi connectivity index (χ0v) is 15.4. The summed E-state index contributed by atoms with van der Waals surface area (Å²) < 4.78 is 9.97. The molecule has 0 radical (unpaired) electrons. The molecule has 2 heterocycles. The molecule has 0 aliphatic carbocycles. The second-order valence-electron chi connectivity index (χ2n) is 5.85. The van der Waals surface area contributed by atoms with Crippen molar-refractivity contribution in [2.45, 2.75) is 6.42 Å². The van der Waals surface area contributed by atoms with Gasteiger partial charge in [0.05, 0.1) is 21.6 Å². The van der Waals surface area contributed by atoms with Crippen molar-refractivity contribution in [3.8, 4) is 0 Å². The first-order valence-electron chi connectivity index (χ1n) is 8.26. The summed E-state index contributed by atoms with van der Waals surface area (Å²) in [4.78, 5) is 50.5. The molecule has 3 rings (SSSR count). The quantitative estimate of drug-likeness (QED) is 0.299. The van der Waals surface area contributed by atoms with Crippen LogP contribution < -0.4 is 0 Å². The highest BCUT2D eigenvalue weighted by Crippen LogP contribution is 2.24. The number of esters is 1. The first-order chi connectivity index (χ1) is 13.0. The minimum atomic E-state index is -0.721. The number of fused-ring (bicyclic) bond motifs is 1. The average Bonchev–Trinajstić information content (AvgIpc) is 3.29. The third-order valence-electron chi connectivity index (χ3n) is 4.07. The van der Waals surface area contributed by atoms with Gasteiger partial charge in [0.2, 0.25) is 5.78 Å². The van der Waals surface area contributed by atoms with Crippen LogP contribution in [0.2, 0.25) is 0 Å². The van der Waals surface area contributed by atoms with Gasteiger partial charge in [-0.15, -0.1) is 11.3 Å². The van der Waals surface area contributed by atoms with Crippen LogP contribution in [0.5, 0.6) is 0 Å². The van der Waals surface area contributed by atoms with Gasteiger partial charge in [-0.2, -0.15) is 0 Å². The summed E-state index contributed by atoms with van der Waals surface area (Å²) in [5.41, 5.74) is 0.535. The summed E-state index contributed by atoms with van der Waals surface area (Å²) in [6, 6.07) is 7.58. The third-order valence-corrected chi connectivity index (χ3v) is 4.98. The maximum atomic E-state index is 12.5. The highest BCUT2D eigenvalue weighted by molar-refractivity contribution is 7.12. The molecule has 1 aromatic carbocycles. The second kappa shape index (κ2) is 8.24. The Hall–Kier alpha value is -2.84. The first-order valence-corrected chi connectivity index (χ1v) is 9.14. The fourth-order valence-electron chi connectivity index (χ4n) is 2.71. The Labute approximate surface area is 159 Å². The lowest BCUT2D eigenvalue weighted by molar-refractivity contribution is 0.0475. The number of thiophene rings is 1. The monoisotopic (exact) mass is 387 g/mol. The molecule has 0 fully saturated rings. The van der Waals surface area contributed by atoms with Crippen molar-refractivity contribution in [3.63, 3.8) is 0 Å². The van der Waals surface area contributed by atoms with Gasteiger partial charge in [-0.1, -0.05) is 6.07 Å². The van der Waals surface area contributed by atoms with Gasteiger partial charge >= 0.3 is 5.97 Å². The predicted octanol–water partition coefficient (Wildman–Crippen LogP) is 2.42. The fraction of sp³-hybridized carbons (Fsp3) is 0.263. The molecule has 0 atom stereocenters. The van der Waals surface area contributed by atoms with E-state index in [0.717, 1.165) is 4.90 Å². The highest BCUT2D eigenvalue weighted by Gasteiger charge is 2.35. The van der Waals surface area contributed by atoms with E-state index in [4.69, 9.17) is 9.47 Å². The number of hydrogen-bond acceptors (Lipinski definition) is 7. The molecule has 27 heavy (non-hydrogen) atoms. The molecule has 0 N–H and O–H groups in total. The molecular weight excluding hydrogens is 370 g/mol. The topological polar surface area (TPSA) is 90.0 Å². The summed E-state index contributed by atoms with van der Waals surface area (Å²) in [6.45, 7) is 0.297. The SMILES string of the molecule is COCCCN1C(=O)c2ccc(C(=O)OCC(=O)c3cccs3)cc2C1=O. The van der Waals surface area contributed by atoms with E-state index in [1.807, 2.05) is 0 Å². The number of benzene rings is 1. The number of amides is 2. The van der Waals surface area contributed by atoms with E-state index in [9.17, 15) is 19.2 Å². The number of ketones is 1. The van der Waals surface area contributed by atoms with E-state index in [-0.39, 0.29) is 41.5 Å². The number of carbonyl (C=O) groups is 4. The summed E-state index contributed by atoms with van der Waals surface area (Å²) >= 11 is 1.27. The van der Waals surface area contributed by atoms with Crippen LogP contribution in [-0.2, 0) is 9.47 Å². The molecule has 140 valence electrons. The number of carbonyl (C=O) groups excluding carboxylic acids is 4. The Balaban J connectivity index is 1.68. The lowest BCUT2D eigenvalue weighted by Gasteiger charge is -2.12. The van der Waals surface area contributed by atoms with E-state index >= 15 is 0 Å². The lowest BCUT2D eigenvalue weighted by Crippen LogP contribution is -2.31. The van der Waals surface area contributed by atoms with Gasteiger partial charge in [-0.05, 0) is 36.1 Å². The molecule has 7 nitrogen and oxygen atoms in total. The molecular formula is C19H17NO6S. The minimum absolute atomic E-state index is 0.118. The van der Waals surface area contributed by atoms with Crippen molar-refractivity contribution in [2.75, 3.05) is 26.9 Å². The van der Waals surface area contributed by atoms with E-state index < -0.39 is 11.9 Å². The Kier molecular flexibility index (Phi) is 5.78.